The van der Waals surface area contributed by atoms with Crippen LogP contribution in [0.5, 0.6) is 0 Å². The van der Waals surface area contributed by atoms with Crippen LogP contribution in [0.2, 0.25) is 0 Å². The number of hydrogen-bond acceptors (Lipinski definition) is 15. The molecule has 2 N–H and O–H groups in total. The van der Waals surface area contributed by atoms with Crippen molar-refractivity contribution in [1.82, 2.24) is 0 Å². The van der Waals surface area contributed by atoms with Gasteiger partial charge in [-0.05, 0) is 197 Å². The molecule has 15 nitrogen and oxygen atoms in total. The summed E-state index contributed by atoms with van der Waals surface area (Å²) in [5.74, 6) is 0. The van der Waals surface area contributed by atoms with Gasteiger partial charge in [-0.1, -0.05) is 461 Å². The first kappa shape index (κ1) is 124. The van der Waals surface area contributed by atoms with E-state index in [9.17, 15) is 60.7 Å². The monoisotopic (exact) mass is 2030 g/mol. The quantitative estimate of drug-likeness (QED) is 0.0266. The number of hydrogen-bond donors (Lipinski definition) is 2. The van der Waals surface area contributed by atoms with Gasteiger partial charge in [0.05, 0.1) is 29.4 Å². The first-order valence-corrected chi connectivity index (χ1v) is 63.9. The van der Waals surface area contributed by atoms with Crippen molar-refractivity contribution in [2.45, 2.75) is 528 Å². The molecule has 136 heavy (non-hydrogen) atoms. The number of aryl methyl sites for hydroxylation is 6. The fraction of sp³-hybridized carbons (Fsp3) is 0.684. The van der Waals surface area contributed by atoms with Crippen LogP contribution in [-0.2, 0) is 121 Å². The van der Waals surface area contributed by atoms with Crippen LogP contribution in [0.15, 0.2) is 175 Å². The molecule has 0 spiro atoms. The summed E-state index contributed by atoms with van der Waals surface area (Å²) in [6.45, 7) is 15.0. The predicted octanol–water partition coefficient (Wildman–Crippen LogP) is 31.5. The van der Waals surface area contributed by atoms with Gasteiger partial charge in [0, 0.05) is 0 Å². The Morgan fingerprint density at radius 1 is 0.184 bits per heavy atom. The van der Waals surface area contributed by atoms with E-state index in [0.29, 0.717) is 0 Å². The van der Waals surface area contributed by atoms with Crippen molar-refractivity contribution >= 4 is 59.0 Å². The Morgan fingerprint density at radius 3 is 0.404 bits per heavy atom. The molecule has 2 unspecified atom stereocenters. The first-order valence-electron chi connectivity index (χ1n) is 54.1. The fourth-order valence-electron chi connectivity index (χ4n) is 18.7. The van der Waals surface area contributed by atoms with Crippen LogP contribution in [0.25, 0.3) is 0 Å². The van der Waals surface area contributed by atoms with E-state index in [1.165, 1.54) is 342 Å². The summed E-state index contributed by atoms with van der Waals surface area (Å²) in [5.41, 5.74) is 5.49. The van der Waals surface area contributed by atoms with Crippen LogP contribution in [0.4, 0.5) is 0 Å². The van der Waals surface area contributed by atoms with Crippen molar-refractivity contribution in [2.24, 2.45) is 0 Å². The molecule has 6 rings (SSSR count). The molecule has 770 valence electrons. The van der Waals surface area contributed by atoms with E-state index >= 15 is 0 Å². The molecule has 0 saturated heterocycles. The predicted molar refractivity (Wildman–Crippen MR) is 565 cm³/mol. The Bertz CT molecular complexity index is 4290. The number of unbranched alkanes of at least 4 members (excludes halogenated alkanes) is 54. The first-order chi connectivity index (χ1) is 65.5. The average molecular weight is 2030 g/mol. The second-order valence-corrected chi connectivity index (χ2v) is 52.8. The summed E-state index contributed by atoms with van der Waals surface area (Å²) < 4.78 is 179. The summed E-state index contributed by atoms with van der Waals surface area (Å²) in [7, 11) is -30.0. The van der Waals surface area contributed by atoms with Gasteiger partial charge < -0.3 is 10.2 Å². The van der Waals surface area contributed by atoms with E-state index < -0.39 is 78.1 Å². The standard InChI is InChI=1S/2C57H92O7S3.O.Ti/c2*1-5-8-11-14-17-20-23-26-29-32-35-50-38-44-53(45-39-50)65(59,60)56(66(61,62)54-46-40-51(41-47-54)36-33-30-27-24-21-18-15-12-9-6-2)57(4,58)67(63,64)55-48-42-52(43-49-55)37-34-31-28-25-22-19-16-13-10-7-3;;/h2*38-49,56,58H,5-37H2,1-4H3;;. The van der Waals surface area contributed by atoms with Crippen LogP contribution in [0, 0.1) is 0 Å². The minimum absolute atomic E-state index is 0.335. The van der Waals surface area contributed by atoms with Crippen LogP contribution >= 0.6 is 0 Å². The Hall–Kier alpha value is -4.55. The van der Waals surface area contributed by atoms with Crippen molar-refractivity contribution in [3.8, 4) is 0 Å². The average Bonchev–Trinajstić information content (AvgIpc) is 0.721. The molecule has 0 saturated carbocycles. The second-order valence-electron chi connectivity index (χ2n) is 39.4. The van der Waals surface area contributed by atoms with Crippen LogP contribution in [-0.4, -0.2) is 79.7 Å². The third-order valence-corrected chi connectivity index (χ3v) is 43.4. The maximum atomic E-state index is 14.7. The van der Waals surface area contributed by atoms with Gasteiger partial charge in [0.1, 0.15) is 0 Å². The molecule has 0 aliphatic carbocycles. The van der Waals surface area contributed by atoms with E-state index in [4.69, 9.17) is 3.32 Å². The Labute approximate surface area is 843 Å². The van der Waals surface area contributed by atoms with Crippen LogP contribution in [0.1, 0.15) is 474 Å². The number of sulfone groups is 6. The molecule has 0 aromatic heterocycles. The Morgan fingerprint density at radius 2 is 0.287 bits per heavy atom. The van der Waals surface area contributed by atoms with Crippen molar-refractivity contribution < 1.29 is 84.4 Å². The number of rotatable bonds is 80. The zero-order valence-electron chi connectivity index (χ0n) is 85.8. The number of benzene rings is 6. The van der Waals surface area contributed by atoms with Gasteiger partial charge >= 0.3 is 23.7 Å². The zero-order chi connectivity index (χ0) is 99.7. The maximum absolute atomic E-state index is 14.7. The van der Waals surface area contributed by atoms with Gasteiger partial charge in [0.25, 0.3) is 0 Å². The van der Waals surface area contributed by atoms with Crippen molar-refractivity contribution in [3.63, 3.8) is 0 Å². The molecule has 0 aliphatic heterocycles. The van der Waals surface area contributed by atoms with Crippen molar-refractivity contribution in [2.75, 3.05) is 0 Å². The Balaban J connectivity index is 0.000000558. The molecule has 0 fully saturated rings. The van der Waals surface area contributed by atoms with Gasteiger partial charge in [-0.15, -0.1) is 0 Å². The molecule has 0 bridgehead atoms. The molecule has 2 atom stereocenters. The minimum atomic E-state index is -5.01. The number of aliphatic hydroxyl groups is 2. The third kappa shape index (κ3) is 45.2. The molecule has 0 radical (unpaired) electrons. The third-order valence-electron chi connectivity index (χ3n) is 27.5. The fourth-order valence-corrected chi connectivity index (χ4v) is 33.5. The van der Waals surface area contributed by atoms with E-state index in [1.807, 2.05) is 0 Å². The van der Waals surface area contributed by atoms with Crippen molar-refractivity contribution in [3.05, 3.63) is 179 Å². The van der Waals surface area contributed by atoms with Gasteiger partial charge in [0.2, 0.25) is 28.8 Å². The summed E-state index contributed by atoms with van der Waals surface area (Å²) in [6, 6.07) is 36.3. The van der Waals surface area contributed by atoms with Gasteiger partial charge in [-0.3, -0.25) is 0 Å². The topological polar surface area (TPSA) is 262 Å². The summed E-state index contributed by atoms with van der Waals surface area (Å²) in [5, 5.41) is 24.4. The molecular formula is C114H184O15S6Ti. The Kier molecular flexibility index (Phi) is 64.6. The summed E-state index contributed by atoms with van der Waals surface area (Å²) in [4.78, 5) is -8.60. The van der Waals surface area contributed by atoms with Crippen LogP contribution < -0.4 is 0 Å². The second kappa shape index (κ2) is 71.0. The van der Waals surface area contributed by atoms with E-state index in [-0.39, 0.29) is 29.4 Å². The van der Waals surface area contributed by atoms with E-state index in [2.05, 4.69) is 41.5 Å². The van der Waals surface area contributed by atoms with E-state index in [0.717, 1.165) is 222 Å². The van der Waals surface area contributed by atoms with Gasteiger partial charge in [0.15, 0.2) is 49.2 Å². The normalized spacial score (nSPS) is 13.2. The molecule has 22 heteroatoms. The van der Waals surface area contributed by atoms with Crippen molar-refractivity contribution in [1.29, 1.82) is 0 Å². The molecule has 6 aromatic carbocycles. The van der Waals surface area contributed by atoms with E-state index in [1.54, 1.807) is 72.8 Å². The SMILES string of the molecule is CCCCCCCCCCCCc1ccc(S(=O)(=O)C(C(C)(O)S(=O)(=O)c2ccc(CCCCCCCCCCCC)cc2)S(=O)(=O)c2ccc(CCCCCCCCCCCC)cc2)cc1.CCCCCCCCCCCCc1ccc(S(=O)(=O)C(C(C)(O)S(=O)(=O)c2ccc(CCCCCCCCCCCC)cc2)S(=O)(=O)c2ccc(CCCCCCCCCCCC)cc2)cc1.[O]=[Ti]. The van der Waals surface area contributed by atoms with Crippen LogP contribution in [0.3, 0.4) is 0 Å². The van der Waals surface area contributed by atoms with Gasteiger partial charge in [-0.2, -0.15) is 0 Å². The summed E-state index contributed by atoms with van der Waals surface area (Å²) in [6.07, 6.45) is 76.7. The molecule has 0 aliphatic rings. The molecule has 6 aromatic rings. The molecular weight excluding hydrogens is 1850 g/mol. The van der Waals surface area contributed by atoms with Gasteiger partial charge in [-0.25, -0.2) is 50.5 Å². The molecule has 0 amide bonds. The molecule has 0 heterocycles. The zero-order valence-corrected chi connectivity index (χ0v) is 92.3. The summed E-state index contributed by atoms with van der Waals surface area (Å²) >= 11 is 0.750.